The number of likely N-dealkylation sites (N-methyl/N-ethyl adjacent to an activating group) is 1. The average molecular weight is 1270 g/mol. The fraction of sp³-hybridized carbons (Fsp3) is 0.772. The van der Waals surface area contributed by atoms with E-state index in [1.807, 2.05) is 21.1 Å². The molecule has 0 aromatic rings. The summed E-state index contributed by atoms with van der Waals surface area (Å²) in [5.41, 5.74) is 0. The number of quaternary nitrogens is 1. The molecule has 0 fully saturated rings. The Balaban J connectivity index is 4.03. The highest BCUT2D eigenvalue weighted by molar-refractivity contribution is 7.47. The monoisotopic (exact) mass is 1270 g/mol. The van der Waals surface area contributed by atoms with Crippen LogP contribution in [-0.2, 0) is 32.7 Å². The van der Waals surface area contributed by atoms with Crippen molar-refractivity contribution in [2.75, 3.05) is 47.5 Å². The van der Waals surface area contributed by atoms with Crippen molar-refractivity contribution in [1.82, 2.24) is 0 Å². The second-order valence-corrected chi connectivity index (χ2v) is 27.8. The lowest BCUT2D eigenvalue weighted by molar-refractivity contribution is -0.870. The molecule has 516 valence electrons. The van der Waals surface area contributed by atoms with Gasteiger partial charge in [-0.1, -0.05) is 349 Å². The van der Waals surface area contributed by atoms with Crippen LogP contribution < -0.4 is 0 Å². The van der Waals surface area contributed by atoms with E-state index in [0.29, 0.717) is 17.4 Å². The van der Waals surface area contributed by atoms with Crippen LogP contribution in [0.3, 0.4) is 0 Å². The van der Waals surface area contributed by atoms with E-state index >= 15 is 0 Å². The molecule has 2 atom stereocenters. The number of phosphoric ester groups is 1. The van der Waals surface area contributed by atoms with E-state index < -0.39 is 26.5 Å². The van der Waals surface area contributed by atoms with E-state index in [9.17, 15) is 19.0 Å². The van der Waals surface area contributed by atoms with Gasteiger partial charge in [0.05, 0.1) is 27.7 Å². The Morgan fingerprint density at radius 2 is 0.640 bits per heavy atom. The molecule has 0 saturated carbocycles. The third kappa shape index (κ3) is 73.9. The molecule has 0 saturated heterocycles. The van der Waals surface area contributed by atoms with Crippen molar-refractivity contribution < 1.29 is 42.1 Å². The van der Waals surface area contributed by atoms with Crippen LogP contribution in [0.15, 0.2) is 97.2 Å². The minimum atomic E-state index is -4.40. The summed E-state index contributed by atoms with van der Waals surface area (Å²) in [6, 6.07) is 0. The van der Waals surface area contributed by atoms with Crippen LogP contribution in [0.5, 0.6) is 0 Å². The third-order valence-electron chi connectivity index (χ3n) is 16.4. The normalized spacial score (nSPS) is 13.6. The minimum absolute atomic E-state index is 0.0288. The van der Waals surface area contributed by atoms with Gasteiger partial charge in [-0.2, -0.15) is 0 Å². The summed E-state index contributed by atoms with van der Waals surface area (Å²) in [4.78, 5) is 35.9. The molecule has 2 unspecified atom stereocenters. The third-order valence-corrected chi connectivity index (χ3v) is 17.4. The first-order chi connectivity index (χ1) is 43.5. The molecule has 9 nitrogen and oxygen atoms in total. The fourth-order valence-corrected chi connectivity index (χ4v) is 11.4. The molecule has 0 spiro atoms. The number of unbranched alkanes of at least 4 members (excludes halogenated alkanes) is 39. The number of hydrogen-bond acceptors (Lipinski definition) is 7. The van der Waals surface area contributed by atoms with Crippen LogP contribution in [0.1, 0.15) is 341 Å². The number of esters is 2. The van der Waals surface area contributed by atoms with Crippen LogP contribution in [0, 0.1) is 0 Å². The average Bonchev–Trinajstić information content (AvgIpc) is 3.60. The SMILES string of the molecule is CC/C=C\C/C=C\C/C=C\C/C=C\C/C=C\C/C=C\C/C=C\C/C=C\CCCCCCCCCCCCC(=O)OC(COC(=O)CCCCCCCCCCCCCCCCCCCCCCCCCCCCCCCC)COP(=O)(O)OCC[N+](C)(C)C. The molecule has 89 heavy (non-hydrogen) atoms. The van der Waals surface area contributed by atoms with Crippen LogP contribution in [-0.4, -0.2) is 74.9 Å². The van der Waals surface area contributed by atoms with Crippen LogP contribution >= 0.6 is 7.82 Å². The molecular weight excluding hydrogens is 1120 g/mol. The van der Waals surface area contributed by atoms with Gasteiger partial charge in [0.2, 0.25) is 0 Å². The van der Waals surface area contributed by atoms with Gasteiger partial charge in [-0.3, -0.25) is 18.6 Å². The lowest BCUT2D eigenvalue weighted by Gasteiger charge is -2.24. The summed E-state index contributed by atoms with van der Waals surface area (Å²) < 4.78 is 34.8. The number of phosphoric acid groups is 1. The van der Waals surface area contributed by atoms with E-state index in [2.05, 4.69) is 111 Å². The van der Waals surface area contributed by atoms with Gasteiger partial charge in [0.15, 0.2) is 6.10 Å². The summed E-state index contributed by atoms with van der Waals surface area (Å²) in [5.74, 6) is -0.791. The number of ether oxygens (including phenoxy) is 2. The Morgan fingerprint density at radius 3 is 0.955 bits per heavy atom. The van der Waals surface area contributed by atoms with Gasteiger partial charge in [0.25, 0.3) is 0 Å². The Morgan fingerprint density at radius 1 is 0.360 bits per heavy atom. The number of hydrogen-bond donors (Lipinski definition) is 1. The minimum Gasteiger partial charge on any atom is -0.462 e. The van der Waals surface area contributed by atoms with Gasteiger partial charge < -0.3 is 18.9 Å². The molecule has 0 aliphatic heterocycles. The Labute approximate surface area is 551 Å². The van der Waals surface area contributed by atoms with Crippen molar-refractivity contribution in [1.29, 1.82) is 0 Å². The number of rotatable bonds is 69. The lowest BCUT2D eigenvalue weighted by atomic mass is 10.0. The summed E-state index contributed by atoms with van der Waals surface area (Å²) in [7, 11) is 1.48. The van der Waals surface area contributed by atoms with Gasteiger partial charge in [-0.05, 0) is 77.0 Å². The zero-order valence-electron chi connectivity index (χ0n) is 58.9. The van der Waals surface area contributed by atoms with E-state index in [-0.39, 0.29) is 32.0 Å². The molecule has 0 aliphatic rings. The topological polar surface area (TPSA) is 108 Å². The van der Waals surface area contributed by atoms with Crippen molar-refractivity contribution >= 4 is 19.8 Å². The maximum absolute atomic E-state index is 12.9. The van der Waals surface area contributed by atoms with Crippen molar-refractivity contribution in [3.05, 3.63) is 97.2 Å². The first-order valence-electron chi connectivity index (χ1n) is 37.5. The van der Waals surface area contributed by atoms with Gasteiger partial charge in [-0.15, -0.1) is 0 Å². The highest BCUT2D eigenvalue weighted by atomic mass is 31.2. The van der Waals surface area contributed by atoms with Crippen molar-refractivity contribution in [2.45, 2.75) is 347 Å². The number of allylic oxidation sites excluding steroid dienone is 16. The molecular formula is C79H143NO8P+. The van der Waals surface area contributed by atoms with Crippen molar-refractivity contribution in [3.8, 4) is 0 Å². The standard InChI is InChI=1S/C79H142NO8P/c1-6-8-10-12-14-16-18-20-22-24-26-28-30-32-34-36-38-39-40-41-42-44-46-48-50-52-54-56-58-60-62-64-66-68-70-72-79(82)88-77(76-87-89(83,84)86-74-73-80(3,4)5)75-85-78(81)71-69-67-65-63-61-59-57-55-53-51-49-47-45-43-37-35-33-31-29-27-25-23-21-19-17-15-13-11-9-7-2/h8,10,14,16,20,22,26,28,32,34,38-39,41-42,46,48,77H,6-7,9,11-13,15,17-19,21,23-25,27,29-31,33,35-37,40,43-45,47,49-76H2,1-5H3/p+1/b10-8-,16-14-,22-20-,28-26-,34-32-,39-38-,42-41-,48-46-. The molecule has 0 aliphatic carbocycles. The van der Waals surface area contributed by atoms with E-state index in [1.165, 1.54) is 212 Å². The Hall–Kier alpha value is -3.07. The van der Waals surface area contributed by atoms with Gasteiger partial charge >= 0.3 is 19.8 Å². The first-order valence-corrected chi connectivity index (χ1v) is 39.0. The quantitative estimate of drug-likeness (QED) is 0.0211. The van der Waals surface area contributed by atoms with Crippen LogP contribution in [0.4, 0.5) is 0 Å². The lowest BCUT2D eigenvalue weighted by Crippen LogP contribution is -2.37. The molecule has 0 rings (SSSR count). The number of nitrogens with zero attached hydrogens (tertiary/aromatic N) is 1. The van der Waals surface area contributed by atoms with Gasteiger partial charge in [-0.25, -0.2) is 4.57 Å². The van der Waals surface area contributed by atoms with Gasteiger partial charge in [0.1, 0.15) is 19.8 Å². The molecule has 0 heterocycles. The smallest absolute Gasteiger partial charge is 0.462 e. The maximum atomic E-state index is 12.9. The molecule has 1 N–H and O–H groups in total. The first kappa shape index (κ1) is 85.9. The van der Waals surface area contributed by atoms with E-state index in [1.54, 1.807) is 0 Å². The van der Waals surface area contributed by atoms with Crippen LogP contribution in [0.2, 0.25) is 0 Å². The summed E-state index contributed by atoms with van der Waals surface area (Å²) in [6.07, 6.45) is 96.7. The molecule has 0 bridgehead atoms. The highest BCUT2D eigenvalue weighted by Crippen LogP contribution is 2.43. The zero-order chi connectivity index (χ0) is 64.8. The fourth-order valence-electron chi connectivity index (χ4n) is 10.7. The predicted molar refractivity (Wildman–Crippen MR) is 385 cm³/mol. The number of carbonyl (C=O) groups excluding carboxylic acids is 2. The van der Waals surface area contributed by atoms with Crippen LogP contribution in [0.25, 0.3) is 0 Å². The summed E-state index contributed by atoms with van der Waals surface area (Å²) in [6.45, 7) is 4.36. The zero-order valence-corrected chi connectivity index (χ0v) is 59.8. The van der Waals surface area contributed by atoms with E-state index in [0.717, 1.165) is 96.3 Å². The molecule has 0 aromatic carbocycles. The van der Waals surface area contributed by atoms with Gasteiger partial charge in [0, 0.05) is 12.8 Å². The molecule has 0 radical (unpaired) electrons. The molecule has 0 aromatic heterocycles. The second-order valence-electron chi connectivity index (χ2n) is 26.3. The van der Waals surface area contributed by atoms with E-state index in [4.69, 9.17) is 18.5 Å². The largest absolute Gasteiger partial charge is 0.472 e. The van der Waals surface area contributed by atoms with Crippen molar-refractivity contribution in [3.63, 3.8) is 0 Å². The predicted octanol–water partition coefficient (Wildman–Crippen LogP) is 24.7. The molecule has 0 amide bonds. The maximum Gasteiger partial charge on any atom is 0.472 e. The van der Waals surface area contributed by atoms with Crippen molar-refractivity contribution in [2.24, 2.45) is 0 Å². The summed E-state index contributed by atoms with van der Waals surface area (Å²) in [5, 5.41) is 0. The Kier molecular flexibility index (Phi) is 66.9. The highest BCUT2D eigenvalue weighted by Gasteiger charge is 2.27. The molecule has 10 heteroatoms. The Bertz CT molecular complexity index is 1820. The number of carbonyl (C=O) groups is 2. The second kappa shape index (κ2) is 69.3. The summed E-state index contributed by atoms with van der Waals surface area (Å²) >= 11 is 0.